The van der Waals surface area contributed by atoms with Crippen LogP contribution in [0.15, 0.2) is 12.4 Å². The Kier molecular flexibility index (Phi) is 4.66. The molecular formula is C11H16ClN5S. The number of thioether (sulfide) groups is 1. The molecule has 2 aromatic rings. The number of fused-ring (bicyclic) bond motifs is 1. The molecule has 18 heavy (non-hydrogen) atoms. The van der Waals surface area contributed by atoms with E-state index >= 15 is 0 Å². The zero-order valence-corrected chi connectivity index (χ0v) is 12.0. The minimum absolute atomic E-state index is 0.356. The second kappa shape index (κ2) is 6.24. The molecule has 0 aromatic carbocycles. The predicted molar refractivity (Wildman–Crippen MR) is 76.5 cm³/mol. The number of anilines is 1. The SMILES string of the molecule is CCSCCC(C)Nc1cc(Cl)nc2ncnn12. The maximum absolute atomic E-state index is 5.95. The van der Waals surface area contributed by atoms with Crippen LogP contribution in [0, 0.1) is 0 Å². The first-order valence-corrected chi connectivity index (χ1v) is 7.44. The first-order chi connectivity index (χ1) is 8.70. The van der Waals surface area contributed by atoms with Crippen LogP contribution < -0.4 is 5.32 Å². The summed E-state index contributed by atoms with van der Waals surface area (Å²) in [5.74, 6) is 3.64. The summed E-state index contributed by atoms with van der Waals surface area (Å²) in [6, 6.07) is 2.13. The van der Waals surface area contributed by atoms with Crippen LogP contribution in [0.2, 0.25) is 5.15 Å². The first-order valence-electron chi connectivity index (χ1n) is 5.91. The highest BCUT2D eigenvalue weighted by Crippen LogP contribution is 2.16. The van der Waals surface area contributed by atoms with Gasteiger partial charge in [-0.15, -0.1) is 0 Å². The fourth-order valence-corrected chi connectivity index (χ4v) is 2.60. The van der Waals surface area contributed by atoms with Gasteiger partial charge in [0.15, 0.2) is 0 Å². The number of rotatable bonds is 6. The molecule has 7 heteroatoms. The molecule has 0 radical (unpaired) electrons. The van der Waals surface area contributed by atoms with E-state index in [0.29, 0.717) is 17.0 Å². The van der Waals surface area contributed by atoms with E-state index < -0.39 is 0 Å². The quantitative estimate of drug-likeness (QED) is 0.653. The van der Waals surface area contributed by atoms with Crippen LogP contribution in [0.4, 0.5) is 5.82 Å². The van der Waals surface area contributed by atoms with Gasteiger partial charge >= 0.3 is 0 Å². The molecule has 2 aromatic heterocycles. The summed E-state index contributed by atoms with van der Waals surface area (Å²) in [7, 11) is 0. The molecule has 0 saturated heterocycles. The van der Waals surface area contributed by atoms with Crippen molar-refractivity contribution in [2.45, 2.75) is 26.3 Å². The molecule has 0 bridgehead atoms. The number of aromatic nitrogens is 4. The second-order valence-corrected chi connectivity index (χ2v) is 5.75. The van der Waals surface area contributed by atoms with E-state index in [2.05, 4.69) is 34.2 Å². The van der Waals surface area contributed by atoms with Crippen molar-refractivity contribution in [3.05, 3.63) is 17.5 Å². The lowest BCUT2D eigenvalue weighted by Gasteiger charge is -2.15. The summed E-state index contributed by atoms with van der Waals surface area (Å²) >= 11 is 7.90. The fourth-order valence-electron chi connectivity index (χ4n) is 1.62. The van der Waals surface area contributed by atoms with Crippen LogP contribution in [0.1, 0.15) is 20.3 Å². The van der Waals surface area contributed by atoms with Crippen molar-refractivity contribution in [1.29, 1.82) is 0 Å². The van der Waals surface area contributed by atoms with Crippen molar-refractivity contribution in [3.63, 3.8) is 0 Å². The van der Waals surface area contributed by atoms with Crippen molar-refractivity contribution < 1.29 is 0 Å². The van der Waals surface area contributed by atoms with Gasteiger partial charge < -0.3 is 5.32 Å². The third kappa shape index (κ3) is 3.26. The van der Waals surface area contributed by atoms with Crippen molar-refractivity contribution >= 4 is 35.0 Å². The van der Waals surface area contributed by atoms with Crippen molar-refractivity contribution in [2.75, 3.05) is 16.8 Å². The number of nitrogens with one attached hydrogen (secondary N) is 1. The first kappa shape index (κ1) is 13.4. The number of hydrogen-bond donors (Lipinski definition) is 1. The molecule has 0 saturated carbocycles. The molecule has 1 atom stereocenters. The molecule has 0 aliphatic carbocycles. The Morgan fingerprint density at radius 2 is 2.39 bits per heavy atom. The topological polar surface area (TPSA) is 55.1 Å². The third-order valence-corrected chi connectivity index (χ3v) is 3.64. The largest absolute Gasteiger partial charge is 0.367 e. The molecule has 0 fully saturated rings. The van der Waals surface area contributed by atoms with Crippen molar-refractivity contribution in [3.8, 4) is 0 Å². The van der Waals surface area contributed by atoms with E-state index in [9.17, 15) is 0 Å². The Morgan fingerprint density at radius 1 is 1.56 bits per heavy atom. The van der Waals surface area contributed by atoms with Crippen LogP contribution in [0.5, 0.6) is 0 Å². The molecular weight excluding hydrogens is 270 g/mol. The highest BCUT2D eigenvalue weighted by Gasteiger charge is 2.09. The lowest BCUT2D eigenvalue weighted by atomic mass is 10.2. The smallest absolute Gasteiger partial charge is 0.255 e. The predicted octanol–water partition coefficient (Wildman–Crippen LogP) is 2.72. The number of nitrogens with zero attached hydrogens (tertiary/aromatic N) is 4. The van der Waals surface area contributed by atoms with Gasteiger partial charge in [-0.05, 0) is 24.9 Å². The summed E-state index contributed by atoms with van der Waals surface area (Å²) in [6.45, 7) is 4.32. The second-order valence-electron chi connectivity index (χ2n) is 3.97. The summed E-state index contributed by atoms with van der Waals surface area (Å²) in [4.78, 5) is 8.12. The highest BCUT2D eigenvalue weighted by atomic mass is 35.5. The molecule has 0 aliphatic rings. The minimum Gasteiger partial charge on any atom is -0.367 e. The van der Waals surface area contributed by atoms with E-state index in [0.717, 1.165) is 23.7 Å². The molecule has 0 spiro atoms. The standard InChI is InChI=1S/C11H16ClN5S/c1-3-18-5-4-8(2)15-10-6-9(12)16-11-13-7-14-17(10)11/h6-8,15H,3-5H2,1-2H3. The Hall–Kier alpha value is -1.01. The average molecular weight is 286 g/mol. The summed E-state index contributed by atoms with van der Waals surface area (Å²) in [5.41, 5.74) is 0. The zero-order chi connectivity index (χ0) is 13.0. The summed E-state index contributed by atoms with van der Waals surface area (Å²) < 4.78 is 1.66. The van der Waals surface area contributed by atoms with Crippen LogP contribution in [0.25, 0.3) is 5.78 Å². The lowest BCUT2D eigenvalue weighted by Crippen LogP contribution is -2.18. The third-order valence-electron chi connectivity index (χ3n) is 2.51. The normalized spacial score (nSPS) is 12.8. The van der Waals surface area contributed by atoms with Crippen LogP contribution in [-0.2, 0) is 0 Å². The molecule has 0 aliphatic heterocycles. The van der Waals surface area contributed by atoms with Crippen LogP contribution in [-0.4, -0.2) is 37.1 Å². The molecule has 1 unspecified atom stereocenters. The lowest BCUT2D eigenvalue weighted by molar-refractivity contribution is 0.755. The van der Waals surface area contributed by atoms with Gasteiger partial charge in [-0.2, -0.15) is 31.3 Å². The molecule has 98 valence electrons. The maximum Gasteiger partial charge on any atom is 0.255 e. The summed E-state index contributed by atoms with van der Waals surface area (Å²) in [5, 5.41) is 7.94. The van der Waals surface area contributed by atoms with Gasteiger partial charge in [0.05, 0.1) is 0 Å². The highest BCUT2D eigenvalue weighted by molar-refractivity contribution is 7.99. The Bertz CT molecular complexity index is 515. The molecule has 0 amide bonds. The van der Waals surface area contributed by atoms with Gasteiger partial charge in [0.1, 0.15) is 17.3 Å². The molecule has 5 nitrogen and oxygen atoms in total. The fraction of sp³-hybridized carbons (Fsp3) is 0.545. The summed E-state index contributed by atoms with van der Waals surface area (Å²) in [6.07, 6.45) is 2.57. The van der Waals surface area contributed by atoms with Gasteiger partial charge in [-0.25, -0.2) is 0 Å². The van der Waals surface area contributed by atoms with E-state index in [1.807, 2.05) is 11.8 Å². The van der Waals surface area contributed by atoms with Crippen LogP contribution in [0.3, 0.4) is 0 Å². The van der Waals surface area contributed by atoms with Gasteiger partial charge in [0.2, 0.25) is 0 Å². The molecule has 2 heterocycles. The van der Waals surface area contributed by atoms with E-state index in [-0.39, 0.29) is 0 Å². The van der Waals surface area contributed by atoms with Crippen molar-refractivity contribution in [2.24, 2.45) is 0 Å². The Morgan fingerprint density at radius 3 is 3.17 bits per heavy atom. The van der Waals surface area contributed by atoms with Crippen LogP contribution >= 0.6 is 23.4 Å². The van der Waals surface area contributed by atoms with Gasteiger partial charge in [-0.3, -0.25) is 0 Å². The maximum atomic E-state index is 5.95. The van der Waals surface area contributed by atoms with Gasteiger partial charge in [0, 0.05) is 12.1 Å². The average Bonchev–Trinajstić information content (AvgIpc) is 2.77. The van der Waals surface area contributed by atoms with Gasteiger partial charge in [0.25, 0.3) is 5.78 Å². The van der Waals surface area contributed by atoms with Gasteiger partial charge in [-0.1, -0.05) is 18.5 Å². The Labute approximate surface area is 115 Å². The number of hydrogen-bond acceptors (Lipinski definition) is 5. The minimum atomic E-state index is 0.356. The van der Waals surface area contributed by atoms with E-state index in [1.54, 1.807) is 10.6 Å². The zero-order valence-electron chi connectivity index (χ0n) is 10.4. The van der Waals surface area contributed by atoms with E-state index in [4.69, 9.17) is 11.6 Å². The molecule has 1 N–H and O–H groups in total. The Balaban J connectivity index is 2.08. The molecule has 2 rings (SSSR count). The van der Waals surface area contributed by atoms with Crippen molar-refractivity contribution in [1.82, 2.24) is 19.6 Å². The monoisotopic (exact) mass is 285 g/mol. The van der Waals surface area contributed by atoms with E-state index in [1.165, 1.54) is 6.33 Å². The number of halogens is 1.